The molecule has 1 aromatic rings. The van der Waals surface area contributed by atoms with Crippen molar-refractivity contribution in [2.75, 3.05) is 11.8 Å². The molecule has 1 aromatic carbocycles. The Morgan fingerprint density at radius 3 is 2.92 bits per heavy atom. The van der Waals surface area contributed by atoms with E-state index in [1.807, 2.05) is 0 Å². The highest BCUT2D eigenvalue weighted by atomic mass is 32.2. The van der Waals surface area contributed by atoms with Gasteiger partial charge in [0, 0.05) is 23.0 Å². The van der Waals surface area contributed by atoms with Crippen LogP contribution in [0.5, 0.6) is 5.75 Å². The molecule has 0 radical (unpaired) electrons. The summed E-state index contributed by atoms with van der Waals surface area (Å²) in [6, 6.07) is 6.67. The van der Waals surface area contributed by atoms with Crippen molar-refractivity contribution in [3.05, 3.63) is 24.3 Å². The standard InChI is InChI=1S/C7H9NO3S/c1-11-7-4-2-3-6(5-7)8-12(9)10/h2-5,8H,1H3,(H,9,10)/p-1. The minimum Gasteiger partial charge on any atom is -0.755 e. The van der Waals surface area contributed by atoms with Crippen LogP contribution in [0.2, 0.25) is 0 Å². The van der Waals surface area contributed by atoms with Gasteiger partial charge in [0.1, 0.15) is 5.75 Å². The number of anilines is 1. The summed E-state index contributed by atoms with van der Waals surface area (Å²) in [7, 11) is 1.52. The predicted molar refractivity (Wildman–Crippen MR) is 45.5 cm³/mol. The van der Waals surface area contributed by atoms with E-state index in [1.165, 1.54) is 7.11 Å². The SMILES string of the molecule is COc1cccc(NS(=O)[O-])c1. The maximum Gasteiger partial charge on any atom is 0.120 e. The molecule has 4 nitrogen and oxygen atoms in total. The van der Waals surface area contributed by atoms with Crippen molar-refractivity contribution in [1.29, 1.82) is 0 Å². The van der Waals surface area contributed by atoms with Gasteiger partial charge >= 0.3 is 0 Å². The molecule has 0 fully saturated rings. The van der Waals surface area contributed by atoms with Gasteiger partial charge in [-0.05, 0) is 12.1 Å². The summed E-state index contributed by atoms with van der Waals surface area (Å²) < 4.78 is 27.5. The molecule has 1 rings (SSSR count). The number of nitrogens with one attached hydrogen (secondary N) is 1. The van der Waals surface area contributed by atoms with E-state index in [0.717, 1.165) is 0 Å². The van der Waals surface area contributed by atoms with E-state index >= 15 is 0 Å². The lowest BCUT2D eigenvalue weighted by Gasteiger charge is -2.08. The van der Waals surface area contributed by atoms with Gasteiger partial charge in [-0.2, -0.15) is 0 Å². The largest absolute Gasteiger partial charge is 0.755 e. The fraction of sp³-hybridized carbons (Fsp3) is 0.143. The van der Waals surface area contributed by atoms with Crippen LogP contribution in [-0.4, -0.2) is 15.9 Å². The molecule has 0 amide bonds. The zero-order chi connectivity index (χ0) is 8.97. The molecule has 0 bridgehead atoms. The first-order chi connectivity index (χ1) is 5.72. The number of methoxy groups -OCH3 is 1. The molecule has 0 saturated heterocycles. The van der Waals surface area contributed by atoms with E-state index in [-0.39, 0.29) is 0 Å². The highest BCUT2D eigenvalue weighted by Crippen LogP contribution is 2.16. The van der Waals surface area contributed by atoms with Crippen LogP contribution >= 0.6 is 0 Å². The van der Waals surface area contributed by atoms with Crippen LogP contribution in [0.1, 0.15) is 0 Å². The van der Waals surface area contributed by atoms with E-state index < -0.39 is 11.3 Å². The molecule has 12 heavy (non-hydrogen) atoms. The van der Waals surface area contributed by atoms with Gasteiger partial charge in [0.2, 0.25) is 0 Å². The van der Waals surface area contributed by atoms with Crippen molar-refractivity contribution in [3.8, 4) is 5.75 Å². The van der Waals surface area contributed by atoms with E-state index in [1.54, 1.807) is 24.3 Å². The third-order valence-corrected chi connectivity index (χ3v) is 1.67. The van der Waals surface area contributed by atoms with Gasteiger partial charge in [0.15, 0.2) is 0 Å². The fourth-order valence-corrected chi connectivity index (χ4v) is 1.10. The molecular formula is C7H8NO3S-. The summed E-state index contributed by atoms with van der Waals surface area (Å²) in [6.07, 6.45) is 0. The van der Waals surface area contributed by atoms with Gasteiger partial charge in [-0.1, -0.05) is 6.07 Å². The van der Waals surface area contributed by atoms with Crippen LogP contribution in [0.3, 0.4) is 0 Å². The van der Waals surface area contributed by atoms with Gasteiger partial charge in [0.05, 0.1) is 7.11 Å². The second-order valence-electron chi connectivity index (χ2n) is 2.07. The van der Waals surface area contributed by atoms with E-state index in [9.17, 15) is 8.76 Å². The topological polar surface area (TPSA) is 61.4 Å². The molecule has 0 spiro atoms. The number of benzene rings is 1. The lowest BCUT2D eigenvalue weighted by atomic mass is 10.3. The van der Waals surface area contributed by atoms with Crippen molar-refractivity contribution >= 4 is 17.0 Å². The number of rotatable bonds is 3. The zero-order valence-corrected chi connectivity index (χ0v) is 7.26. The zero-order valence-electron chi connectivity index (χ0n) is 6.44. The van der Waals surface area contributed by atoms with Crippen molar-refractivity contribution in [1.82, 2.24) is 0 Å². The Bertz CT molecular complexity index is 290. The van der Waals surface area contributed by atoms with Crippen molar-refractivity contribution < 1.29 is 13.5 Å². The van der Waals surface area contributed by atoms with Crippen molar-refractivity contribution in [2.45, 2.75) is 0 Å². The van der Waals surface area contributed by atoms with Gasteiger partial charge < -0.3 is 14.0 Å². The van der Waals surface area contributed by atoms with Crippen molar-refractivity contribution in [3.63, 3.8) is 0 Å². The normalized spacial score (nSPS) is 12.2. The van der Waals surface area contributed by atoms with Crippen LogP contribution in [0.25, 0.3) is 0 Å². The molecule has 0 aliphatic heterocycles. The minimum atomic E-state index is -2.28. The van der Waals surface area contributed by atoms with Crippen LogP contribution < -0.4 is 9.46 Å². The molecule has 66 valence electrons. The molecule has 1 unspecified atom stereocenters. The molecule has 0 aliphatic rings. The summed E-state index contributed by atoms with van der Waals surface area (Å²) in [4.78, 5) is 0. The Kier molecular flexibility index (Phi) is 3.07. The molecule has 1 N–H and O–H groups in total. The second kappa shape index (κ2) is 4.08. The van der Waals surface area contributed by atoms with E-state index in [4.69, 9.17) is 4.74 Å². The number of ether oxygens (including phenoxy) is 1. The second-order valence-corrected chi connectivity index (χ2v) is 2.74. The Morgan fingerprint density at radius 1 is 1.58 bits per heavy atom. The monoisotopic (exact) mass is 186 g/mol. The van der Waals surface area contributed by atoms with Crippen LogP contribution in [0.4, 0.5) is 5.69 Å². The average Bonchev–Trinajstić information content (AvgIpc) is 2.03. The highest BCUT2D eigenvalue weighted by Gasteiger charge is 1.93. The molecule has 1 atom stereocenters. The smallest absolute Gasteiger partial charge is 0.120 e. The van der Waals surface area contributed by atoms with Gasteiger partial charge in [0.25, 0.3) is 0 Å². The molecule has 0 saturated carbocycles. The maximum atomic E-state index is 10.2. The first kappa shape index (κ1) is 9.02. The Hall–Kier alpha value is -1.07. The van der Waals surface area contributed by atoms with Crippen LogP contribution in [0, 0.1) is 0 Å². The van der Waals surface area contributed by atoms with E-state index in [2.05, 4.69) is 4.72 Å². The summed E-state index contributed by atoms with van der Waals surface area (Å²) in [5.41, 5.74) is 0.489. The predicted octanol–water partition coefficient (Wildman–Crippen LogP) is 0.901. The highest BCUT2D eigenvalue weighted by molar-refractivity contribution is 7.80. The van der Waals surface area contributed by atoms with Crippen molar-refractivity contribution in [2.24, 2.45) is 0 Å². The summed E-state index contributed by atoms with van der Waals surface area (Å²) in [5, 5.41) is 0. The lowest BCUT2D eigenvalue weighted by molar-refractivity contribution is 0.415. The average molecular weight is 186 g/mol. The number of hydrogen-bond donors (Lipinski definition) is 1. The molecule has 0 aromatic heterocycles. The summed E-state index contributed by atoms with van der Waals surface area (Å²) in [6.45, 7) is 0. The third kappa shape index (κ3) is 2.52. The lowest BCUT2D eigenvalue weighted by Crippen LogP contribution is -2.01. The van der Waals surface area contributed by atoms with Gasteiger partial charge in [-0.15, -0.1) is 0 Å². The summed E-state index contributed by atoms with van der Waals surface area (Å²) >= 11 is -2.28. The third-order valence-electron chi connectivity index (χ3n) is 1.27. The van der Waals surface area contributed by atoms with Gasteiger partial charge in [-0.3, -0.25) is 4.21 Å². The first-order valence-electron chi connectivity index (χ1n) is 3.22. The maximum absolute atomic E-state index is 10.2. The Labute approximate surface area is 73.0 Å². The van der Waals surface area contributed by atoms with Crippen LogP contribution in [0.15, 0.2) is 24.3 Å². The molecule has 0 aliphatic carbocycles. The Morgan fingerprint density at radius 2 is 2.33 bits per heavy atom. The number of hydrogen-bond acceptors (Lipinski definition) is 3. The van der Waals surface area contributed by atoms with E-state index in [0.29, 0.717) is 11.4 Å². The Balaban J connectivity index is 2.79. The molecular weight excluding hydrogens is 178 g/mol. The fourth-order valence-electron chi connectivity index (χ4n) is 0.783. The quantitative estimate of drug-likeness (QED) is 0.713. The first-order valence-corrected chi connectivity index (χ1v) is 4.30. The molecule has 5 heteroatoms. The minimum absolute atomic E-state index is 0.489. The van der Waals surface area contributed by atoms with Gasteiger partial charge in [-0.25, -0.2) is 0 Å². The molecule has 0 heterocycles. The summed E-state index contributed by atoms with van der Waals surface area (Å²) in [5.74, 6) is 0.616. The van der Waals surface area contributed by atoms with Crippen LogP contribution in [-0.2, 0) is 11.3 Å².